The summed E-state index contributed by atoms with van der Waals surface area (Å²) in [4.78, 5) is 11.1. The Bertz CT molecular complexity index is 505. The van der Waals surface area contributed by atoms with E-state index in [1.807, 2.05) is 26.0 Å². The second kappa shape index (κ2) is 3.71. The Morgan fingerprint density at radius 1 is 1.38 bits per heavy atom. The van der Waals surface area contributed by atoms with Crippen LogP contribution in [0.25, 0.3) is 0 Å². The van der Waals surface area contributed by atoms with Gasteiger partial charge in [-0.15, -0.1) is 0 Å². The summed E-state index contributed by atoms with van der Waals surface area (Å²) in [6.07, 6.45) is 0.722. The van der Waals surface area contributed by atoms with Crippen LogP contribution < -0.4 is 0 Å². The van der Waals surface area contributed by atoms with Crippen molar-refractivity contribution < 1.29 is 4.79 Å². The fraction of sp³-hybridized carbons (Fsp3) is 0.385. The maximum absolute atomic E-state index is 11.1. The molecule has 0 N–H and O–H groups in total. The first-order chi connectivity index (χ1) is 7.50. The number of carbonyl (C=O) groups excluding carboxylic acids is 1. The molecule has 1 aromatic carbocycles. The molecule has 3 heteroatoms. The highest BCUT2D eigenvalue weighted by Crippen LogP contribution is 2.43. The zero-order valence-corrected chi connectivity index (χ0v) is 10.9. The number of benzene rings is 1. The number of nitriles is 1. The lowest BCUT2D eigenvalue weighted by molar-refractivity contribution is -0.126. The van der Waals surface area contributed by atoms with E-state index in [-0.39, 0.29) is 5.78 Å². The van der Waals surface area contributed by atoms with Crippen molar-refractivity contribution in [1.29, 1.82) is 5.26 Å². The summed E-state index contributed by atoms with van der Waals surface area (Å²) in [6, 6.07) is 6.28. The number of nitrogens with zero attached hydrogens (tertiary/aromatic N) is 1. The molecule has 16 heavy (non-hydrogen) atoms. The van der Waals surface area contributed by atoms with Gasteiger partial charge in [-0.25, -0.2) is 0 Å². The van der Waals surface area contributed by atoms with Crippen molar-refractivity contribution in [3.05, 3.63) is 33.3 Å². The summed E-state index contributed by atoms with van der Waals surface area (Å²) in [5.41, 5.74) is 2.65. The van der Waals surface area contributed by atoms with Crippen LogP contribution in [0.3, 0.4) is 0 Å². The number of aryl methyl sites for hydroxylation is 1. The highest BCUT2D eigenvalue weighted by atomic mass is 79.9. The van der Waals surface area contributed by atoms with Gasteiger partial charge in [0.05, 0.1) is 11.5 Å². The third-order valence-electron chi connectivity index (χ3n) is 3.31. The van der Waals surface area contributed by atoms with Gasteiger partial charge in [0.2, 0.25) is 0 Å². The number of rotatable bonds is 1. The second-order valence-corrected chi connectivity index (χ2v) is 5.25. The van der Waals surface area contributed by atoms with Crippen LogP contribution in [0, 0.1) is 25.2 Å². The largest absolute Gasteiger partial charge is 0.300 e. The maximum Gasteiger partial charge on any atom is 0.136 e. The SMILES string of the molecule is Cc1ccc(C2(C#N)CC(=O)C2)c(C)c1Br. The smallest absolute Gasteiger partial charge is 0.136 e. The van der Waals surface area contributed by atoms with Gasteiger partial charge < -0.3 is 0 Å². The van der Waals surface area contributed by atoms with Crippen LogP contribution in [0.15, 0.2) is 16.6 Å². The molecule has 1 aromatic rings. The Morgan fingerprint density at radius 2 is 2.00 bits per heavy atom. The number of carbonyl (C=O) groups is 1. The Hall–Kier alpha value is -1.14. The van der Waals surface area contributed by atoms with E-state index in [9.17, 15) is 10.1 Å². The molecular weight excluding hydrogens is 266 g/mol. The molecular formula is C13H12BrNO. The molecule has 0 saturated heterocycles. The van der Waals surface area contributed by atoms with E-state index in [1.54, 1.807) is 0 Å². The molecule has 2 nitrogen and oxygen atoms in total. The number of hydrogen-bond donors (Lipinski definition) is 0. The number of halogens is 1. The fourth-order valence-electron chi connectivity index (χ4n) is 2.29. The lowest BCUT2D eigenvalue weighted by atomic mass is 9.63. The van der Waals surface area contributed by atoms with Crippen LogP contribution in [0.4, 0.5) is 0 Å². The molecule has 0 aromatic heterocycles. The van der Waals surface area contributed by atoms with Crippen LogP contribution in [0.2, 0.25) is 0 Å². The van der Waals surface area contributed by atoms with E-state index >= 15 is 0 Å². The normalized spacial score (nSPS) is 17.8. The van der Waals surface area contributed by atoms with Gasteiger partial charge in [0.1, 0.15) is 5.78 Å². The average molecular weight is 278 g/mol. The van der Waals surface area contributed by atoms with Gasteiger partial charge in [-0.3, -0.25) is 4.79 Å². The lowest BCUT2D eigenvalue weighted by Gasteiger charge is -2.35. The van der Waals surface area contributed by atoms with Crippen LogP contribution in [-0.2, 0) is 10.2 Å². The maximum atomic E-state index is 11.1. The first-order valence-corrected chi connectivity index (χ1v) is 5.98. The molecule has 0 aliphatic heterocycles. The fourth-order valence-corrected chi connectivity index (χ4v) is 2.64. The van der Waals surface area contributed by atoms with E-state index in [4.69, 9.17) is 0 Å². The molecule has 0 heterocycles. The zero-order chi connectivity index (χ0) is 11.9. The number of hydrogen-bond acceptors (Lipinski definition) is 2. The van der Waals surface area contributed by atoms with E-state index in [0.717, 1.165) is 21.2 Å². The van der Waals surface area contributed by atoms with Gasteiger partial charge >= 0.3 is 0 Å². The van der Waals surface area contributed by atoms with E-state index < -0.39 is 5.41 Å². The first kappa shape index (κ1) is 11.3. The standard InChI is InChI=1S/C13H12BrNO/c1-8-3-4-11(9(2)12(8)14)13(7-15)5-10(16)6-13/h3-4H,5-6H2,1-2H3. The summed E-state index contributed by atoms with van der Waals surface area (Å²) >= 11 is 3.53. The third kappa shape index (κ3) is 1.49. The van der Waals surface area contributed by atoms with Gasteiger partial charge in [-0.1, -0.05) is 28.1 Å². The molecule has 0 amide bonds. The summed E-state index contributed by atoms with van der Waals surface area (Å²) in [6.45, 7) is 4.01. The van der Waals surface area contributed by atoms with Gasteiger partial charge in [0.25, 0.3) is 0 Å². The van der Waals surface area contributed by atoms with Crippen molar-refractivity contribution >= 4 is 21.7 Å². The summed E-state index contributed by atoms with van der Waals surface area (Å²) in [7, 11) is 0. The van der Waals surface area contributed by atoms with Crippen molar-refractivity contribution in [2.75, 3.05) is 0 Å². The Labute approximate surface area is 103 Å². The van der Waals surface area contributed by atoms with Crippen molar-refractivity contribution in [1.82, 2.24) is 0 Å². The van der Waals surface area contributed by atoms with Gasteiger partial charge in [0.15, 0.2) is 0 Å². The molecule has 1 saturated carbocycles. The van der Waals surface area contributed by atoms with E-state index in [0.29, 0.717) is 12.8 Å². The van der Waals surface area contributed by atoms with Gasteiger partial charge in [-0.05, 0) is 30.5 Å². The van der Waals surface area contributed by atoms with Crippen LogP contribution >= 0.6 is 15.9 Å². The molecule has 2 rings (SSSR count). The second-order valence-electron chi connectivity index (χ2n) is 4.46. The van der Waals surface area contributed by atoms with E-state index in [2.05, 4.69) is 22.0 Å². The van der Waals surface area contributed by atoms with E-state index in [1.165, 1.54) is 0 Å². The summed E-state index contributed by atoms with van der Waals surface area (Å²) in [5.74, 6) is 0.178. The third-order valence-corrected chi connectivity index (χ3v) is 4.53. The van der Waals surface area contributed by atoms with Crippen molar-refractivity contribution in [2.24, 2.45) is 0 Å². The Kier molecular flexibility index (Phi) is 2.63. The topological polar surface area (TPSA) is 40.9 Å². The van der Waals surface area contributed by atoms with Gasteiger partial charge in [0, 0.05) is 17.3 Å². The molecule has 82 valence electrons. The predicted molar refractivity (Wildman–Crippen MR) is 65.1 cm³/mol. The van der Waals surface area contributed by atoms with Crippen LogP contribution in [0.5, 0.6) is 0 Å². The summed E-state index contributed by atoms with van der Waals surface area (Å²) < 4.78 is 1.04. The lowest BCUT2D eigenvalue weighted by Crippen LogP contribution is -2.40. The molecule has 1 aliphatic rings. The quantitative estimate of drug-likeness (QED) is 0.791. The highest BCUT2D eigenvalue weighted by molar-refractivity contribution is 9.10. The molecule has 1 fully saturated rings. The number of ketones is 1. The zero-order valence-electron chi connectivity index (χ0n) is 9.30. The predicted octanol–water partition coefficient (Wildman–Crippen LogP) is 3.19. The molecule has 0 atom stereocenters. The molecule has 0 radical (unpaired) electrons. The molecule has 0 bridgehead atoms. The first-order valence-electron chi connectivity index (χ1n) is 5.19. The average Bonchev–Trinajstić information content (AvgIpc) is 2.22. The minimum absolute atomic E-state index is 0.178. The number of Topliss-reactive ketones (excluding diaryl/α,β-unsaturated/α-hetero) is 1. The van der Waals surface area contributed by atoms with Gasteiger partial charge in [-0.2, -0.15) is 5.26 Å². The van der Waals surface area contributed by atoms with Crippen molar-refractivity contribution in [2.45, 2.75) is 32.1 Å². The molecule has 0 spiro atoms. The Balaban J connectivity index is 2.54. The van der Waals surface area contributed by atoms with Crippen molar-refractivity contribution in [3.63, 3.8) is 0 Å². The monoisotopic (exact) mass is 277 g/mol. The minimum Gasteiger partial charge on any atom is -0.300 e. The highest BCUT2D eigenvalue weighted by Gasteiger charge is 2.46. The van der Waals surface area contributed by atoms with Crippen LogP contribution in [-0.4, -0.2) is 5.78 Å². The minimum atomic E-state index is -0.572. The Morgan fingerprint density at radius 3 is 2.50 bits per heavy atom. The summed E-state index contributed by atoms with van der Waals surface area (Å²) in [5, 5.41) is 9.27. The van der Waals surface area contributed by atoms with Crippen LogP contribution in [0.1, 0.15) is 29.5 Å². The molecule has 1 aliphatic carbocycles. The molecule has 0 unspecified atom stereocenters. The van der Waals surface area contributed by atoms with Crippen molar-refractivity contribution in [3.8, 4) is 6.07 Å².